The molecule has 0 radical (unpaired) electrons. The van der Waals surface area contributed by atoms with Crippen LogP contribution in [0.15, 0.2) is 30.0 Å². The zero-order chi connectivity index (χ0) is 13.8. The van der Waals surface area contributed by atoms with Gasteiger partial charge in [0, 0.05) is 4.88 Å². The summed E-state index contributed by atoms with van der Waals surface area (Å²) in [6, 6.07) is 6.21. The van der Waals surface area contributed by atoms with Crippen LogP contribution in [0.25, 0.3) is 11.0 Å². The lowest BCUT2D eigenvalue weighted by atomic mass is 10.3. The molecular formula is C13H12N6S. The SMILES string of the molecule is N#CCCn1ncc2c(NCc3cccs3)ncnc21. The van der Waals surface area contributed by atoms with Crippen LogP contribution in [0.1, 0.15) is 11.3 Å². The molecule has 3 aromatic heterocycles. The third kappa shape index (κ3) is 2.46. The lowest BCUT2D eigenvalue weighted by Gasteiger charge is -2.05. The summed E-state index contributed by atoms with van der Waals surface area (Å²) in [7, 11) is 0. The van der Waals surface area contributed by atoms with E-state index in [0.717, 1.165) is 23.4 Å². The van der Waals surface area contributed by atoms with Crippen LogP contribution in [0.5, 0.6) is 0 Å². The number of thiophene rings is 1. The summed E-state index contributed by atoms with van der Waals surface area (Å²) < 4.78 is 1.73. The molecule has 0 aliphatic rings. The summed E-state index contributed by atoms with van der Waals surface area (Å²) in [6.07, 6.45) is 3.67. The highest BCUT2D eigenvalue weighted by Crippen LogP contribution is 2.20. The topological polar surface area (TPSA) is 79.4 Å². The minimum Gasteiger partial charge on any atom is -0.364 e. The Morgan fingerprint density at radius 2 is 2.35 bits per heavy atom. The molecule has 0 atom stereocenters. The molecule has 100 valence electrons. The maximum atomic E-state index is 8.65. The van der Waals surface area contributed by atoms with Gasteiger partial charge in [0.25, 0.3) is 0 Å². The maximum absolute atomic E-state index is 8.65. The number of rotatable bonds is 5. The van der Waals surface area contributed by atoms with Gasteiger partial charge < -0.3 is 5.32 Å². The van der Waals surface area contributed by atoms with E-state index in [1.807, 2.05) is 11.4 Å². The van der Waals surface area contributed by atoms with Crippen molar-refractivity contribution in [2.45, 2.75) is 19.5 Å². The molecule has 1 N–H and O–H groups in total. The molecule has 6 nitrogen and oxygen atoms in total. The highest BCUT2D eigenvalue weighted by atomic mass is 32.1. The summed E-state index contributed by atoms with van der Waals surface area (Å²) in [5.74, 6) is 0.770. The first-order valence-electron chi connectivity index (χ1n) is 6.18. The molecule has 3 aromatic rings. The quantitative estimate of drug-likeness (QED) is 0.778. The second kappa shape index (κ2) is 5.67. The van der Waals surface area contributed by atoms with E-state index in [-0.39, 0.29) is 0 Å². The van der Waals surface area contributed by atoms with Gasteiger partial charge in [0.05, 0.1) is 37.2 Å². The van der Waals surface area contributed by atoms with Gasteiger partial charge in [-0.3, -0.25) is 0 Å². The molecule has 0 saturated heterocycles. The van der Waals surface area contributed by atoms with Gasteiger partial charge in [-0.1, -0.05) is 6.07 Å². The van der Waals surface area contributed by atoms with Crippen LogP contribution in [0.2, 0.25) is 0 Å². The van der Waals surface area contributed by atoms with Crippen LogP contribution in [-0.4, -0.2) is 19.7 Å². The molecular weight excluding hydrogens is 272 g/mol. The minimum atomic E-state index is 0.415. The molecule has 0 aromatic carbocycles. The molecule has 7 heteroatoms. The van der Waals surface area contributed by atoms with Crippen LogP contribution in [0, 0.1) is 11.3 Å². The fourth-order valence-corrected chi connectivity index (χ4v) is 2.58. The molecule has 3 rings (SSSR count). The third-order valence-electron chi connectivity index (χ3n) is 2.88. The molecule has 0 amide bonds. The Bertz CT molecular complexity index is 740. The Morgan fingerprint density at radius 3 is 3.15 bits per heavy atom. The van der Waals surface area contributed by atoms with Crippen LogP contribution in [-0.2, 0) is 13.1 Å². The number of anilines is 1. The fraction of sp³-hybridized carbons (Fsp3) is 0.231. The number of aryl methyl sites for hydroxylation is 1. The summed E-state index contributed by atoms with van der Waals surface area (Å²) in [5.41, 5.74) is 0.754. The first-order chi connectivity index (χ1) is 9.88. The molecule has 0 aliphatic carbocycles. The molecule has 0 saturated carbocycles. The van der Waals surface area contributed by atoms with Crippen molar-refractivity contribution < 1.29 is 0 Å². The van der Waals surface area contributed by atoms with E-state index >= 15 is 0 Å². The highest BCUT2D eigenvalue weighted by Gasteiger charge is 2.09. The molecule has 0 fully saturated rings. The number of nitriles is 1. The van der Waals surface area contributed by atoms with Crippen LogP contribution < -0.4 is 5.32 Å². The zero-order valence-electron chi connectivity index (χ0n) is 10.7. The van der Waals surface area contributed by atoms with E-state index in [4.69, 9.17) is 5.26 Å². The Hall–Kier alpha value is -2.46. The predicted molar refractivity (Wildman–Crippen MR) is 77.2 cm³/mol. The predicted octanol–water partition coefficient (Wildman–Crippen LogP) is 2.41. The van der Waals surface area contributed by atoms with E-state index in [0.29, 0.717) is 13.0 Å². The lowest BCUT2D eigenvalue weighted by Crippen LogP contribution is -2.03. The van der Waals surface area contributed by atoms with Crippen molar-refractivity contribution in [3.05, 3.63) is 34.9 Å². The summed E-state index contributed by atoms with van der Waals surface area (Å²) in [5, 5.41) is 19.1. The second-order valence-electron chi connectivity index (χ2n) is 4.17. The van der Waals surface area contributed by atoms with Gasteiger partial charge in [0.2, 0.25) is 0 Å². The van der Waals surface area contributed by atoms with Gasteiger partial charge in [0.1, 0.15) is 12.1 Å². The lowest BCUT2D eigenvalue weighted by molar-refractivity contribution is 0.643. The maximum Gasteiger partial charge on any atom is 0.163 e. The normalized spacial score (nSPS) is 10.6. The summed E-state index contributed by atoms with van der Waals surface area (Å²) >= 11 is 1.70. The van der Waals surface area contributed by atoms with Gasteiger partial charge in [-0.05, 0) is 11.4 Å². The van der Waals surface area contributed by atoms with Crippen molar-refractivity contribution in [3.8, 4) is 6.07 Å². The van der Waals surface area contributed by atoms with Crippen LogP contribution in [0.4, 0.5) is 5.82 Å². The van der Waals surface area contributed by atoms with E-state index in [9.17, 15) is 0 Å². The zero-order valence-corrected chi connectivity index (χ0v) is 11.5. The van der Waals surface area contributed by atoms with Crippen molar-refractivity contribution in [3.63, 3.8) is 0 Å². The van der Waals surface area contributed by atoms with Crippen LogP contribution >= 0.6 is 11.3 Å². The van der Waals surface area contributed by atoms with Crippen molar-refractivity contribution in [1.29, 1.82) is 5.26 Å². The van der Waals surface area contributed by atoms with Gasteiger partial charge >= 0.3 is 0 Å². The van der Waals surface area contributed by atoms with Crippen molar-refractivity contribution >= 4 is 28.2 Å². The molecule has 0 unspecified atom stereocenters. The van der Waals surface area contributed by atoms with Crippen molar-refractivity contribution in [1.82, 2.24) is 19.7 Å². The Labute approximate surface area is 119 Å². The average Bonchev–Trinajstić information content (AvgIpc) is 3.12. The largest absolute Gasteiger partial charge is 0.364 e. The number of nitrogens with zero attached hydrogens (tertiary/aromatic N) is 5. The van der Waals surface area contributed by atoms with E-state index in [1.165, 1.54) is 11.2 Å². The Kier molecular flexibility index (Phi) is 3.56. The van der Waals surface area contributed by atoms with Crippen LogP contribution in [0.3, 0.4) is 0 Å². The summed E-state index contributed by atoms with van der Waals surface area (Å²) in [6.45, 7) is 1.27. The third-order valence-corrected chi connectivity index (χ3v) is 3.76. The van der Waals surface area contributed by atoms with Crippen molar-refractivity contribution in [2.75, 3.05) is 5.32 Å². The van der Waals surface area contributed by atoms with Gasteiger partial charge in [-0.15, -0.1) is 11.3 Å². The molecule has 0 aliphatic heterocycles. The molecule has 20 heavy (non-hydrogen) atoms. The van der Waals surface area contributed by atoms with Crippen molar-refractivity contribution in [2.24, 2.45) is 0 Å². The number of hydrogen-bond acceptors (Lipinski definition) is 6. The first kappa shape index (κ1) is 12.6. The van der Waals surface area contributed by atoms with E-state index in [2.05, 4.69) is 32.5 Å². The minimum absolute atomic E-state index is 0.415. The van der Waals surface area contributed by atoms with Gasteiger partial charge in [-0.25, -0.2) is 14.6 Å². The molecule has 0 bridgehead atoms. The number of fused-ring (bicyclic) bond motifs is 1. The number of hydrogen-bond donors (Lipinski definition) is 1. The van der Waals surface area contributed by atoms with E-state index in [1.54, 1.807) is 22.2 Å². The average molecular weight is 284 g/mol. The van der Waals surface area contributed by atoms with Gasteiger partial charge in [-0.2, -0.15) is 10.4 Å². The number of aromatic nitrogens is 4. The monoisotopic (exact) mass is 284 g/mol. The molecule has 3 heterocycles. The highest BCUT2D eigenvalue weighted by molar-refractivity contribution is 7.09. The van der Waals surface area contributed by atoms with E-state index < -0.39 is 0 Å². The van der Waals surface area contributed by atoms with Gasteiger partial charge in [0.15, 0.2) is 5.65 Å². The summed E-state index contributed by atoms with van der Waals surface area (Å²) in [4.78, 5) is 9.75. The Balaban J connectivity index is 1.84. The Morgan fingerprint density at radius 1 is 1.40 bits per heavy atom. The second-order valence-corrected chi connectivity index (χ2v) is 5.20. The molecule has 0 spiro atoms. The number of nitrogens with one attached hydrogen (secondary N) is 1. The first-order valence-corrected chi connectivity index (χ1v) is 7.06. The standard InChI is InChI=1S/C13H12N6S/c14-4-2-5-19-13-11(8-18-19)12(16-9-17-13)15-7-10-3-1-6-20-10/h1,3,6,8-9H,2,5,7H2,(H,15,16,17). The smallest absolute Gasteiger partial charge is 0.163 e. The fourth-order valence-electron chi connectivity index (χ4n) is 1.94.